The van der Waals surface area contributed by atoms with Crippen LogP contribution in [-0.4, -0.2) is 41.9 Å². The summed E-state index contributed by atoms with van der Waals surface area (Å²) in [6.45, 7) is 1.80. The predicted octanol–water partition coefficient (Wildman–Crippen LogP) is 3.61. The molecule has 4 rings (SSSR count). The number of rotatable bonds is 3. The van der Waals surface area contributed by atoms with Crippen LogP contribution < -0.4 is 10.2 Å². The van der Waals surface area contributed by atoms with E-state index in [2.05, 4.69) is 10.2 Å². The molecule has 1 N–H and O–H groups in total. The zero-order chi connectivity index (χ0) is 20.4. The number of imide groups is 2. The zero-order valence-corrected chi connectivity index (χ0v) is 16.5. The van der Waals surface area contributed by atoms with Gasteiger partial charge in [-0.15, -0.1) is 0 Å². The van der Waals surface area contributed by atoms with Gasteiger partial charge in [-0.05, 0) is 56.4 Å². The van der Waals surface area contributed by atoms with E-state index in [4.69, 9.17) is 0 Å². The van der Waals surface area contributed by atoms with Gasteiger partial charge in [0.15, 0.2) is 0 Å². The van der Waals surface area contributed by atoms with Gasteiger partial charge in [0.25, 0.3) is 11.8 Å². The summed E-state index contributed by atoms with van der Waals surface area (Å²) in [5.41, 5.74) is 0.782. The van der Waals surface area contributed by atoms with Crippen LogP contribution in [0, 0.1) is 5.82 Å². The lowest BCUT2D eigenvalue weighted by Gasteiger charge is -2.35. The van der Waals surface area contributed by atoms with E-state index in [1.807, 2.05) is 6.07 Å². The van der Waals surface area contributed by atoms with E-state index in [9.17, 15) is 18.8 Å². The third-order valence-corrected chi connectivity index (χ3v) is 6.08. The molecule has 2 saturated heterocycles. The van der Waals surface area contributed by atoms with E-state index in [0.717, 1.165) is 68.6 Å². The summed E-state index contributed by atoms with van der Waals surface area (Å²) in [7, 11) is 0. The number of benzene rings is 1. The van der Waals surface area contributed by atoms with Crippen molar-refractivity contribution in [3.8, 4) is 0 Å². The number of nitrogens with zero attached hydrogens (tertiary/aromatic N) is 2. The molecule has 6 nitrogen and oxygen atoms in total. The topological polar surface area (TPSA) is 69.7 Å². The number of hydrogen-bond acceptors (Lipinski definition) is 4. The Morgan fingerprint density at radius 1 is 0.966 bits per heavy atom. The number of barbiturate groups is 1. The van der Waals surface area contributed by atoms with Crippen LogP contribution in [0.5, 0.6) is 0 Å². The molecule has 3 aliphatic rings. The van der Waals surface area contributed by atoms with Crippen LogP contribution in [-0.2, 0) is 9.59 Å². The Hall–Kier alpha value is -2.70. The maximum atomic E-state index is 14.7. The molecule has 7 heteroatoms. The average molecular weight is 399 g/mol. The van der Waals surface area contributed by atoms with Gasteiger partial charge in [-0.25, -0.2) is 9.18 Å². The Morgan fingerprint density at radius 2 is 1.66 bits per heavy atom. The second kappa shape index (κ2) is 8.35. The first-order chi connectivity index (χ1) is 14.0. The number of amides is 4. The fraction of sp³-hybridized carbons (Fsp3) is 0.500. The Labute approximate surface area is 169 Å². The van der Waals surface area contributed by atoms with E-state index in [1.165, 1.54) is 18.6 Å². The van der Waals surface area contributed by atoms with Crippen LogP contribution in [0.2, 0.25) is 0 Å². The molecule has 29 heavy (non-hydrogen) atoms. The molecule has 0 radical (unpaired) electrons. The second-order valence-electron chi connectivity index (χ2n) is 8.04. The number of carbonyl (C=O) groups excluding carboxylic acids is 3. The van der Waals surface area contributed by atoms with Crippen LogP contribution in [0.1, 0.15) is 56.9 Å². The summed E-state index contributed by atoms with van der Waals surface area (Å²) < 4.78 is 14.7. The molecule has 1 aromatic rings. The first-order valence-electron chi connectivity index (χ1n) is 10.5. The highest BCUT2D eigenvalue weighted by molar-refractivity contribution is 6.31. The lowest BCUT2D eigenvalue weighted by atomic mass is 9.93. The van der Waals surface area contributed by atoms with Crippen LogP contribution in [0.15, 0.2) is 23.8 Å². The minimum Gasteiger partial charge on any atom is -0.371 e. The van der Waals surface area contributed by atoms with Crippen molar-refractivity contribution in [2.24, 2.45) is 0 Å². The highest BCUT2D eigenvalue weighted by atomic mass is 19.1. The van der Waals surface area contributed by atoms with Crippen molar-refractivity contribution < 1.29 is 18.8 Å². The van der Waals surface area contributed by atoms with Crippen molar-refractivity contribution in [1.82, 2.24) is 10.2 Å². The van der Waals surface area contributed by atoms with Crippen molar-refractivity contribution in [3.05, 3.63) is 35.2 Å². The Kier molecular flexibility index (Phi) is 5.65. The van der Waals surface area contributed by atoms with Crippen molar-refractivity contribution in [2.45, 2.75) is 57.4 Å². The summed E-state index contributed by atoms with van der Waals surface area (Å²) in [5.74, 6) is -1.89. The molecule has 0 aromatic heterocycles. The van der Waals surface area contributed by atoms with E-state index in [1.54, 1.807) is 6.07 Å². The Morgan fingerprint density at radius 3 is 2.34 bits per heavy atom. The summed E-state index contributed by atoms with van der Waals surface area (Å²) >= 11 is 0. The molecular formula is C22H26FN3O3. The highest BCUT2D eigenvalue weighted by Gasteiger charge is 2.40. The third-order valence-electron chi connectivity index (χ3n) is 6.08. The van der Waals surface area contributed by atoms with Gasteiger partial charge in [0.2, 0.25) is 0 Å². The van der Waals surface area contributed by atoms with Gasteiger partial charge in [0.05, 0.1) is 0 Å². The number of carbonyl (C=O) groups is 3. The molecule has 1 aliphatic carbocycles. The predicted molar refractivity (Wildman–Crippen MR) is 108 cm³/mol. The standard InChI is InChI=1S/C22H26FN3O3/c23-19-14-17(25-11-5-2-6-12-25)10-9-15(19)13-18-20(27)24-22(29)26(21(18)28)16-7-3-1-4-8-16/h9-10,13-14,16H,1-8,11-12H2,(H,24,27,29). The van der Waals surface area contributed by atoms with E-state index in [0.29, 0.717) is 0 Å². The molecule has 2 aliphatic heterocycles. The monoisotopic (exact) mass is 399 g/mol. The Balaban J connectivity index is 1.59. The van der Waals surface area contributed by atoms with E-state index >= 15 is 0 Å². The largest absolute Gasteiger partial charge is 0.371 e. The fourth-order valence-corrected chi connectivity index (χ4v) is 4.48. The second-order valence-corrected chi connectivity index (χ2v) is 8.04. The van der Waals surface area contributed by atoms with Crippen LogP contribution >= 0.6 is 0 Å². The summed E-state index contributed by atoms with van der Waals surface area (Å²) in [5, 5.41) is 2.24. The minimum absolute atomic E-state index is 0.169. The maximum Gasteiger partial charge on any atom is 0.331 e. The molecule has 0 atom stereocenters. The van der Waals surface area contributed by atoms with Gasteiger partial charge >= 0.3 is 6.03 Å². The molecule has 154 valence electrons. The number of urea groups is 1. The molecule has 4 amide bonds. The molecule has 0 bridgehead atoms. The quantitative estimate of drug-likeness (QED) is 0.623. The SMILES string of the molecule is O=C1NC(=O)N(C2CCCCC2)C(=O)C1=Cc1ccc(N2CCCCC2)cc1F. The van der Waals surface area contributed by atoms with Crippen LogP contribution in [0.3, 0.4) is 0 Å². The average Bonchev–Trinajstić information content (AvgIpc) is 2.73. The molecular weight excluding hydrogens is 373 g/mol. The van der Waals surface area contributed by atoms with Gasteiger partial charge < -0.3 is 4.90 Å². The van der Waals surface area contributed by atoms with Crippen molar-refractivity contribution in [1.29, 1.82) is 0 Å². The van der Waals surface area contributed by atoms with Gasteiger partial charge in [0, 0.05) is 30.4 Å². The van der Waals surface area contributed by atoms with Gasteiger partial charge in [-0.1, -0.05) is 19.3 Å². The van der Waals surface area contributed by atoms with Gasteiger partial charge in [-0.2, -0.15) is 0 Å². The van der Waals surface area contributed by atoms with Crippen molar-refractivity contribution in [2.75, 3.05) is 18.0 Å². The molecule has 1 saturated carbocycles. The lowest BCUT2D eigenvalue weighted by Crippen LogP contribution is -2.58. The molecule has 2 heterocycles. The normalized spacial score (nSPS) is 22.9. The molecule has 1 aromatic carbocycles. The summed E-state index contributed by atoms with van der Waals surface area (Å²) in [6, 6.07) is 3.97. The number of anilines is 1. The lowest BCUT2D eigenvalue weighted by molar-refractivity contribution is -0.132. The number of piperidine rings is 1. The first-order valence-corrected chi connectivity index (χ1v) is 10.5. The van der Waals surface area contributed by atoms with E-state index in [-0.39, 0.29) is 17.2 Å². The smallest absolute Gasteiger partial charge is 0.331 e. The maximum absolute atomic E-state index is 14.7. The van der Waals surface area contributed by atoms with Gasteiger partial charge in [-0.3, -0.25) is 19.8 Å². The van der Waals surface area contributed by atoms with Crippen molar-refractivity contribution in [3.63, 3.8) is 0 Å². The first kappa shape index (κ1) is 19.6. The Bertz CT molecular complexity index is 855. The van der Waals surface area contributed by atoms with Gasteiger partial charge in [0.1, 0.15) is 11.4 Å². The minimum atomic E-state index is -0.772. The van der Waals surface area contributed by atoms with E-state index < -0.39 is 23.7 Å². The molecule has 0 unspecified atom stereocenters. The number of nitrogens with one attached hydrogen (secondary N) is 1. The number of halogens is 1. The van der Waals surface area contributed by atoms with Crippen molar-refractivity contribution >= 4 is 29.6 Å². The van der Waals surface area contributed by atoms with Crippen LogP contribution in [0.25, 0.3) is 6.08 Å². The third kappa shape index (κ3) is 4.04. The molecule has 0 spiro atoms. The summed E-state index contributed by atoms with van der Waals surface area (Å²) in [4.78, 5) is 40.8. The summed E-state index contributed by atoms with van der Waals surface area (Å²) in [6.07, 6.45) is 9.07. The molecule has 3 fully saturated rings. The highest BCUT2D eigenvalue weighted by Crippen LogP contribution is 2.28. The number of hydrogen-bond donors (Lipinski definition) is 1. The zero-order valence-electron chi connectivity index (χ0n) is 16.5. The van der Waals surface area contributed by atoms with Crippen LogP contribution in [0.4, 0.5) is 14.9 Å². The fourth-order valence-electron chi connectivity index (χ4n) is 4.48.